The van der Waals surface area contributed by atoms with Crippen molar-refractivity contribution in [2.45, 2.75) is 4.90 Å². The third kappa shape index (κ3) is 3.23. The van der Waals surface area contributed by atoms with Gasteiger partial charge in [-0.25, -0.2) is 12.7 Å². The molecule has 0 radical (unpaired) electrons. The van der Waals surface area contributed by atoms with Gasteiger partial charge in [-0.15, -0.1) is 0 Å². The van der Waals surface area contributed by atoms with Crippen molar-refractivity contribution in [3.8, 4) is 11.5 Å². The van der Waals surface area contributed by atoms with Gasteiger partial charge in [0.15, 0.2) is 0 Å². The number of sulfonamides is 1. The van der Waals surface area contributed by atoms with Gasteiger partial charge in [-0.05, 0) is 22.0 Å². The Kier molecular flexibility index (Phi) is 5.01. The second-order valence-corrected chi connectivity index (χ2v) is 7.97. The van der Waals surface area contributed by atoms with Gasteiger partial charge in [-0.1, -0.05) is 30.3 Å². The predicted molar refractivity (Wildman–Crippen MR) is 99.0 cm³/mol. The highest BCUT2D eigenvalue weighted by Gasteiger charge is 2.34. The van der Waals surface area contributed by atoms with Crippen molar-refractivity contribution in [1.29, 1.82) is 0 Å². The Morgan fingerprint density at radius 2 is 1.76 bits per heavy atom. The molecule has 1 aliphatic heterocycles. The summed E-state index contributed by atoms with van der Waals surface area (Å²) in [6.45, 7) is 0.702. The molecule has 0 aliphatic carbocycles. The normalized spacial score (nSPS) is 14.4. The molecular weight excluding hydrogens is 408 g/mol. The molecular formula is C17H17BrN2O4S. The van der Waals surface area contributed by atoms with Crippen LogP contribution in [0.2, 0.25) is 0 Å². The van der Waals surface area contributed by atoms with Crippen LogP contribution in [0.25, 0.3) is 0 Å². The summed E-state index contributed by atoms with van der Waals surface area (Å²) < 4.78 is 39.0. The van der Waals surface area contributed by atoms with Crippen molar-refractivity contribution in [3.63, 3.8) is 0 Å². The number of rotatable bonds is 5. The van der Waals surface area contributed by atoms with E-state index in [4.69, 9.17) is 9.47 Å². The van der Waals surface area contributed by atoms with Crippen molar-refractivity contribution in [3.05, 3.63) is 52.5 Å². The topological polar surface area (TPSA) is 68.2 Å². The standard InChI is InChI=1S/C17H17BrN2O4S/c1-23-14-11-16(15(24-2)10-13(14)18)25(21,22)20-9-8-19-17(20)12-6-4-3-5-7-12/h3-7,10-11H,8-9H2,1-2H3. The summed E-state index contributed by atoms with van der Waals surface area (Å²) in [5.41, 5.74) is 0.756. The van der Waals surface area contributed by atoms with Crippen LogP contribution in [0.3, 0.4) is 0 Å². The van der Waals surface area contributed by atoms with Crippen molar-refractivity contribution >= 4 is 31.8 Å². The van der Waals surface area contributed by atoms with Crippen LogP contribution in [0, 0.1) is 0 Å². The SMILES string of the molecule is COc1cc(S(=O)(=O)N2CCN=C2c2ccccc2)c(OC)cc1Br. The maximum Gasteiger partial charge on any atom is 0.269 e. The van der Waals surface area contributed by atoms with Gasteiger partial charge in [0.25, 0.3) is 10.0 Å². The van der Waals surface area contributed by atoms with Crippen molar-refractivity contribution in [1.82, 2.24) is 4.31 Å². The van der Waals surface area contributed by atoms with Crippen LogP contribution in [-0.4, -0.2) is 45.9 Å². The predicted octanol–water partition coefficient (Wildman–Crippen LogP) is 2.92. The number of hydrogen-bond donors (Lipinski definition) is 0. The Morgan fingerprint density at radius 1 is 1.08 bits per heavy atom. The van der Waals surface area contributed by atoms with Gasteiger partial charge in [0.1, 0.15) is 22.2 Å². The number of aliphatic imine (C=N–C) groups is 1. The molecule has 0 N–H and O–H groups in total. The molecule has 0 spiro atoms. The summed E-state index contributed by atoms with van der Waals surface area (Å²) in [5.74, 6) is 1.09. The second-order valence-electron chi connectivity index (χ2n) is 5.29. The Bertz CT molecular complexity index is 914. The lowest BCUT2D eigenvalue weighted by Gasteiger charge is -2.22. The van der Waals surface area contributed by atoms with Crippen LogP contribution in [-0.2, 0) is 10.0 Å². The summed E-state index contributed by atoms with van der Waals surface area (Å²) in [6.07, 6.45) is 0. The average molecular weight is 425 g/mol. The third-order valence-electron chi connectivity index (χ3n) is 3.84. The summed E-state index contributed by atoms with van der Waals surface area (Å²) in [6, 6.07) is 12.3. The zero-order valence-corrected chi connectivity index (χ0v) is 16.2. The lowest BCUT2D eigenvalue weighted by Crippen LogP contribution is -2.35. The van der Waals surface area contributed by atoms with Gasteiger partial charge >= 0.3 is 0 Å². The maximum atomic E-state index is 13.3. The Balaban J connectivity index is 2.09. The molecule has 0 unspecified atom stereocenters. The molecule has 0 saturated carbocycles. The highest BCUT2D eigenvalue weighted by molar-refractivity contribution is 9.10. The number of benzene rings is 2. The minimum Gasteiger partial charge on any atom is -0.496 e. The van der Waals surface area contributed by atoms with Crippen LogP contribution >= 0.6 is 15.9 Å². The minimum absolute atomic E-state index is 0.0422. The van der Waals surface area contributed by atoms with Gasteiger partial charge in [-0.3, -0.25) is 4.99 Å². The fourth-order valence-corrected chi connectivity index (χ4v) is 4.73. The average Bonchev–Trinajstić information content (AvgIpc) is 3.12. The van der Waals surface area contributed by atoms with E-state index in [2.05, 4.69) is 20.9 Å². The first-order chi connectivity index (χ1) is 12.0. The molecule has 8 heteroatoms. The minimum atomic E-state index is -3.85. The number of ether oxygens (including phenoxy) is 2. The van der Waals surface area contributed by atoms with E-state index in [1.807, 2.05) is 30.3 Å². The molecule has 6 nitrogen and oxygen atoms in total. The van der Waals surface area contributed by atoms with Crippen molar-refractivity contribution in [2.24, 2.45) is 4.99 Å². The molecule has 0 fully saturated rings. The lowest BCUT2D eigenvalue weighted by molar-refractivity contribution is 0.389. The third-order valence-corrected chi connectivity index (χ3v) is 6.27. The Hall–Kier alpha value is -2.06. The van der Waals surface area contributed by atoms with E-state index in [-0.39, 0.29) is 17.2 Å². The fourth-order valence-electron chi connectivity index (χ4n) is 2.64. The molecule has 3 rings (SSSR count). The highest BCUT2D eigenvalue weighted by Crippen LogP contribution is 2.37. The van der Waals surface area contributed by atoms with E-state index < -0.39 is 10.0 Å². The zero-order chi connectivity index (χ0) is 18.0. The van der Waals surface area contributed by atoms with Gasteiger partial charge in [0, 0.05) is 11.6 Å². The molecule has 2 aromatic rings. The van der Waals surface area contributed by atoms with Crippen LogP contribution in [0.15, 0.2) is 56.8 Å². The molecule has 132 valence electrons. The number of methoxy groups -OCH3 is 2. The Morgan fingerprint density at radius 3 is 2.40 bits per heavy atom. The van der Waals surface area contributed by atoms with E-state index >= 15 is 0 Å². The smallest absolute Gasteiger partial charge is 0.269 e. The van der Waals surface area contributed by atoms with Crippen LogP contribution < -0.4 is 9.47 Å². The first kappa shape index (κ1) is 17.8. The zero-order valence-electron chi connectivity index (χ0n) is 13.8. The molecule has 0 saturated heterocycles. The van der Waals surface area contributed by atoms with E-state index in [9.17, 15) is 8.42 Å². The fraction of sp³-hybridized carbons (Fsp3) is 0.235. The van der Waals surface area contributed by atoms with Crippen LogP contribution in [0.4, 0.5) is 0 Å². The summed E-state index contributed by atoms with van der Waals surface area (Å²) >= 11 is 3.34. The number of amidine groups is 1. The van der Waals surface area contributed by atoms with E-state index in [1.54, 1.807) is 6.07 Å². The second kappa shape index (κ2) is 7.05. The molecule has 0 amide bonds. The lowest BCUT2D eigenvalue weighted by atomic mass is 10.2. The van der Waals surface area contributed by atoms with Crippen molar-refractivity contribution in [2.75, 3.05) is 27.3 Å². The molecule has 1 aliphatic rings. The van der Waals surface area contributed by atoms with Gasteiger partial charge < -0.3 is 9.47 Å². The Labute approximate surface area is 155 Å². The van der Waals surface area contributed by atoms with Gasteiger partial charge in [0.2, 0.25) is 0 Å². The quantitative estimate of drug-likeness (QED) is 0.739. The van der Waals surface area contributed by atoms with Gasteiger partial charge in [0.05, 0.1) is 31.8 Å². The first-order valence-corrected chi connectivity index (χ1v) is 9.76. The molecule has 2 aromatic carbocycles. The monoisotopic (exact) mass is 424 g/mol. The number of hydrogen-bond acceptors (Lipinski definition) is 5. The molecule has 1 heterocycles. The largest absolute Gasteiger partial charge is 0.496 e. The number of halogens is 1. The first-order valence-electron chi connectivity index (χ1n) is 7.53. The summed E-state index contributed by atoms with van der Waals surface area (Å²) in [5, 5.41) is 0. The molecule has 25 heavy (non-hydrogen) atoms. The van der Waals surface area contributed by atoms with Crippen molar-refractivity contribution < 1.29 is 17.9 Å². The molecule has 0 atom stereocenters. The molecule has 0 bridgehead atoms. The summed E-state index contributed by atoms with van der Waals surface area (Å²) in [4.78, 5) is 4.42. The van der Waals surface area contributed by atoms with E-state index in [0.29, 0.717) is 22.6 Å². The van der Waals surface area contributed by atoms with Crippen LogP contribution in [0.1, 0.15) is 5.56 Å². The van der Waals surface area contributed by atoms with Crippen LogP contribution in [0.5, 0.6) is 11.5 Å². The molecule has 0 aromatic heterocycles. The van der Waals surface area contributed by atoms with Gasteiger partial charge in [-0.2, -0.15) is 0 Å². The highest BCUT2D eigenvalue weighted by atomic mass is 79.9. The maximum absolute atomic E-state index is 13.3. The van der Waals surface area contributed by atoms with E-state index in [0.717, 1.165) is 5.56 Å². The van der Waals surface area contributed by atoms with E-state index in [1.165, 1.54) is 24.6 Å². The number of nitrogens with zero attached hydrogens (tertiary/aromatic N) is 2. The summed E-state index contributed by atoms with van der Waals surface area (Å²) in [7, 11) is -0.936.